The first-order valence-electron chi connectivity index (χ1n) is 12.3. The minimum Gasteiger partial charge on any atom is -0.497 e. The van der Waals surface area contributed by atoms with Gasteiger partial charge in [0.2, 0.25) is 0 Å². The molecule has 4 rings (SSSR count). The lowest BCUT2D eigenvalue weighted by Gasteiger charge is -2.25. The molecule has 2 aliphatic heterocycles. The number of ether oxygens (including phenoxy) is 2. The Bertz CT molecular complexity index is 1290. The molecule has 0 unspecified atom stereocenters. The summed E-state index contributed by atoms with van der Waals surface area (Å²) < 4.78 is 35.4. The second-order valence-corrected chi connectivity index (χ2v) is 13.8. The second kappa shape index (κ2) is 11.4. The van der Waals surface area contributed by atoms with Crippen LogP contribution < -0.4 is 10.1 Å². The fraction of sp³-hybridized carbons (Fsp3) is 0.444. The molecule has 0 aromatic heterocycles. The zero-order valence-corrected chi connectivity index (χ0v) is 23.6. The fourth-order valence-electron chi connectivity index (χ4n) is 4.42. The zero-order chi connectivity index (χ0) is 27.5. The number of sulfone groups is 1. The van der Waals surface area contributed by atoms with E-state index in [2.05, 4.69) is 10.3 Å². The van der Waals surface area contributed by atoms with Crippen LogP contribution in [0.15, 0.2) is 59.6 Å². The second-order valence-electron chi connectivity index (χ2n) is 10.4. The number of methoxy groups -OCH3 is 1. The summed E-state index contributed by atoms with van der Waals surface area (Å²) in [7, 11) is -1.59. The summed E-state index contributed by atoms with van der Waals surface area (Å²) in [6.07, 6.45) is -0.468. The number of hydrogen-bond acceptors (Lipinski definition) is 7. The third-order valence-corrected chi connectivity index (χ3v) is 9.41. The smallest absolute Gasteiger partial charge is 0.408 e. The predicted molar refractivity (Wildman–Crippen MR) is 148 cm³/mol. The van der Waals surface area contributed by atoms with Gasteiger partial charge in [-0.05, 0) is 44.0 Å². The van der Waals surface area contributed by atoms with Crippen molar-refractivity contribution in [2.75, 3.05) is 18.6 Å². The minimum absolute atomic E-state index is 0.0115. The molecule has 2 amide bonds. The van der Waals surface area contributed by atoms with Crippen molar-refractivity contribution in [3.05, 3.63) is 65.7 Å². The van der Waals surface area contributed by atoms with Gasteiger partial charge in [-0.3, -0.25) is 4.79 Å². The van der Waals surface area contributed by atoms with E-state index < -0.39 is 33.5 Å². The van der Waals surface area contributed by atoms with Crippen molar-refractivity contribution in [3.63, 3.8) is 0 Å². The summed E-state index contributed by atoms with van der Waals surface area (Å²) in [4.78, 5) is 32.4. The van der Waals surface area contributed by atoms with Crippen LogP contribution in [-0.4, -0.2) is 72.0 Å². The van der Waals surface area contributed by atoms with Crippen LogP contribution in [0.1, 0.15) is 31.9 Å². The Kier molecular flexibility index (Phi) is 8.37. The molecule has 9 nitrogen and oxygen atoms in total. The molecule has 0 bridgehead atoms. The van der Waals surface area contributed by atoms with Gasteiger partial charge in [0.15, 0.2) is 15.0 Å². The van der Waals surface area contributed by atoms with Crippen LogP contribution in [0.25, 0.3) is 0 Å². The molecule has 204 valence electrons. The normalized spacial score (nSPS) is 22.1. The Morgan fingerprint density at radius 1 is 1.08 bits per heavy atom. The largest absolute Gasteiger partial charge is 0.497 e. The van der Waals surface area contributed by atoms with Gasteiger partial charge in [0, 0.05) is 18.2 Å². The zero-order valence-electron chi connectivity index (χ0n) is 21.9. The lowest BCUT2D eigenvalue weighted by atomic mass is 10.1. The molecule has 0 radical (unpaired) electrons. The lowest BCUT2D eigenvalue weighted by Crippen LogP contribution is -2.45. The van der Waals surface area contributed by atoms with Gasteiger partial charge in [0.1, 0.15) is 17.4 Å². The number of alkyl carbamates (subject to hydrolysis) is 1. The topological polar surface area (TPSA) is 114 Å². The summed E-state index contributed by atoms with van der Waals surface area (Å²) in [6, 6.07) is 15.6. The number of benzene rings is 2. The number of amides is 2. The maximum atomic E-state index is 13.5. The van der Waals surface area contributed by atoms with E-state index in [9.17, 15) is 18.0 Å². The number of aliphatic imine (C=N–C) groups is 1. The van der Waals surface area contributed by atoms with Crippen molar-refractivity contribution in [3.8, 4) is 5.75 Å². The molecule has 2 heterocycles. The Morgan fingerprint density at radius 2 is 1.76 bits per heavy atom. The number of thioether (sulfide) groups is 1. The Morgan fingerprint density at radius 3 is 2.39 bits per heavy atom. The van der Waals surface area contributed by atoms with E-state index in [-0.39, 0.29) is 29.2 Å². The highest BCUT2D eigenvalue weighted by Gasteiger charge is 2.49. The molecular weight excluding hydrogens is 526 g/mol. The summed E-state index contributed by atoms with van der Waals surface area (Å²) in [5, 5.41) is 2.93. The van der Waals surface area contributed by atoms with Gasteiger partial charge in [0.05, 0.1) is 24.7 Å². The van der Waals surface area contributed by atoms with Crippen LogP contribution in [0.3, 0.4) is 0 Å². The van der Waals surface area contributed by atoms with Crippen molar-refractivity contribution >= 4 is 38.8 Å². The van der Waals surface area contributed by atoms with Crippen molar-refractivity contribution in [2.24, 2.45) is 4.99 Å². The van der Waals surface area contributed by atoms with Crippen LogP contribution in [0.2, 0.25) is 0 Å². The minimum atomic E-state index is -3.18. The molecule has 0 saturated carbocycles. The van der Waals surface area contributed by atoms with E-state index in [0.717, 1.165) is 11.1 Å². The average molecular weight is 560 g/mol. The van der Waals surface area contributed by atoms with Crippen molar-refractivity contribution < 1.29 is 27.5 Å². The molecule has 2 aromatic carbocycles. The molecule has 3 atom stereocenters. The predicted octanol–water partition coefficient (Wildman–Crippen LogP) is 3.43. The lowest BCUT2D eigenvalue weighted by molar-refractivity contribution is -0.119. The van der Waals surface area contributed by atoms with Crippen molar-refractivity contribution in [1.82, 2.24) is 10.2 Å². The first kappa shape index (κ1) is 28.0. The third kappa shape index (κ3) is 7.28. The van der Waals surface area contributed by atoms with Crippen LogP contribution in [0, 0.1) is 0 Å². The number of nitrogens with zero attached hydrogens (tertiary/aromatic N) is 2. The van der Waals surface area contributed by atoms with E-state index in [1.54, 1.807) is 27.9 Å². The molecule has 0 spiro atoms. The van der Waals surface area contributed by atoms with Crippen LogP contribution in [0.4, 0.5) is 4.79 Å². The van der Waals surface area contributed by atoms with Crippen LogP contribution in [-0.2, 0) is 32.3 Å². The number of hydrogen-bond donors (Lipinski definition) is 1. The van der Waals surface area contributed by atoms with E-state index in [4.69, 9.17) is 9.47 Å². The molecule has 38 heavy (non-hydrogen) atoms. The first-order valence-corrected chi connectivity index (χ1v) is 15.1. The maximum absolute atomic E-state index is 13.5. The van der Waals surface area contributed by atoms with Gasteiger partial charge in [-0.2, -0.15) is 4.99 Å². The molecule has 11 heteroatoms. The maximum Gasteiger partial charge on any atom is 0.408 e. The van der Waals surface area contributed by atoms with Gasteiger partial charge in [-0.25, -0.2) is 13.2 Å². The van der Waals surface area contributed by atoms with Crippen LogP contribution in [0.5, 0.6) is 5.75 Å². The van der Waals surface area contributed by atoms with Gasteiger partial charge in [0.25, 0.3) is 5.91 Å². The van der Waals surface area contributed by atoms with E-state index >= 15 is 0 Å². The highest BCUT2D eigenvalue weighted by molar-refractivity contribution is 8.15. The van der Waals surface area contributed by atoms with Crippen molar-refractivity contribution in [2.45, 2.75) is 56.7 Å². The SMILES string of the molecule is COc1ccc(CN2C(=NC(=O)[C@@H](Cc3ccccc3)NC(=O)OC(C)(C)C)S[C@H]3CS(=O)(=O)C[C@H]32)cc1. The first-order chi connectivity index (χ1) is 17.9. The fourth-order valence-corrected chi connectivity index (χ4v) is 8.38. The van der Waals surface area contributed by atoms with E-state index in [1.807, 2.05) is 59.5 Å². The summed E-state index contributed by atoms with van der Waals surface area (Å²) in [6.45, 7) is 5.64. The molecule has 1 N–H and O–H groups in total. The number of carbonyl (C=O) groups excluding carboxylic acids is 2. The molecule has 2 aromatic rings. The molecule has 2 saturated heterocycles. The number of fused-ring (bicyclic) bond motifs is 1. The average Bonchev–Trinajstić information content (AvgIpc) is 3.30. The standard InChI is InChI=1S/C27H33N3O6S2/c1-27(2,3)36-26(32)28-21(14-18-8-6-5-7-9-18)24(31)29-25-30(15-19-10-12-20(35-4)13-11-19)22-16-38(33,34)17-23(22)37-25/h5-13,21-23H,14-17H2,1-4H3,(H,28,32)/t21-,22-,23+/m1/s1. The monoisotopic (exact) mass is 559 g/mol. The van der Waals surface area contributed by atoms with Gasteiger partial charge in [-0.15, -0.1) is 0 Å². The molecular formula is C27H33N3O6S2. The number of amidine groups is 1. The number of rotatable bonds is 7. The quantitative estimate of drug-likeness (QED) is 0.549. The van der Waals surface area contributed by atoms with E-state index in [0.29, 0.717) is 17.5 Å². The van der Waals surface area contributed by atoms with Gasteiger partial charge >= 0.3 is 6.09 Å². The molecule has 2 aliphatic rings. The van der Waals surface area contributed by atoms with E-state index in [1.165, 1.54) is 11.8 Å². The molecule has 2 fully saturated rings. The van der Waals surface area contributed by atoms with Gasteiger partial charge in [-0.1, -0.05) is 54.2 Å². The Labute approximate surface area is 227 Å². The summed E-state index contributed by atoms with van der Waals surface area (Å²) >= 11 is 1.31. The third-order valence-electron chi connectivity index (χ3n) is 6.16. The molecule has 0 aliphatic carbocycles. The summed E-state index contributed by atoms with van der Waals surface area (Å²) in [5.41, 5.74) is 1.07. The number of nitrogens with one attached hydrogen (secondary N) is 1. The summed E-state index contributed by atoms with van der Waals surface area (Å²) in [5.74, 6) is 0.243. The Hall–Kier alpha value is -3.05. The highest BCUT2D eigenvalue weighted by atomic mass is 32.2. The van der Waals surface area contributed by atoms with Crippen molar-refractivity contribution in [1.29, 1.82) is 0 Å². The number of carbonyl (C=O) groups is 2. The Balaban J connectivity index is 1.60. The highest BCUT2D eigenvalue weighted by Crippen LogP contribution is 2.39. The van der Waals surface area contributed by atoms with Gasteiger partial charge < -0.3 is 19.7 Å². The van der Waals surface area contributed by atoms with Crippen LogP contribution >= 0.6 is 11.8 Å².